The molecule has 1 atom stereocenters. The SMILES string of the molecule is CC1(Br)C=c2c(CBr)c3ccccc3nc2=CC1. The second kappa shape index (κ2) is 4.46. The van der Waals surface area contributed by atoms with Gasteiger partial charge < -0.3 is 0 Å². The van der Waals surface area contributed by atoms with E-state index in [9.17, 15) is 0 Å². The molecule has 18 heavy (non-hydrogen) atoms. The van der Waals surface area contributed by atoms with E-state index in [0.717, 1.165) is 22.6 Å². The minimum atomic E-state index is 0.0427. The molecule has 1 heterocycles. The number of para-hydroxylation sites is 1. The van der Waals surface area contributed by atoms with Crippen LogP contribution in [0.2, 0.25) is 0 Å². The fourth-order valence-electron chi connectivity index (χ4n) is 2.43. The zero-order chi connectivity index (χ0) is 12.8. The molecule has 1 aromatic carbocycles. The number of hydrogen-bond donors (Lipinski definition) is 0. The molecule has 1 aliphatic carbocycles. The van der Waals surface area contributed by atoms with Crippen molar-refractivity contribution in [2.75, 3.05) is 0 Å². The third-order valence-electron chi connectivity index (χ3n) is 3.34. The summed E-state index contributed by atoms with van der Waals surface area (Å²) in [7, 11) is 0. The van der Waals surface area contributed by atoms with Crippen LogP contribution in [0.3, 0.4) is 0 Å². The van der Waals surface area contributed by atoms with Gasteiger partial charge in [-0.2, -0.15) is 0 Å². The lowest BCUT2D eigenvalue weighted by molar-refractivity contribution is 0.873. The molecule has 0 radical (unpaired) electrons. The predicted octanol–water partition coefficient (Wildman–Crippen LogP) is 3.25. The van der Waals surface area contributed by atoms with Gasteiger partial charge in [0.05, 0.1) is 10.9 Å². The van der Waals surface area contributed by atoms with E-state index in [0.29, 0.717) is 0 Å². The normalized spacial score (nSPS) is 22.2. The van der Waals surface area contributed by atoms with Crippen LogP contribution < -0.4 is 10.6 Å². The van der Waals surface area contributed by atoms with Crippen molar-refractivity contribution in [1.82, 2.24) is 4.98 Å². The molecular formula is C15H13Br2N. The highest BCUT2D eigenvalue weighted by Crippen LogP contribution is 2.26. The summed E-state index contributed by atoms with van der Waals surface area (Å²) in [4.78, 5) is 4.76. The van der Waals surface area contributed by atoms with Crippen molar-refractivity contribution in [2.45, 2.75) is 23.0 Å². The van der Waals surface area contributed by atoms with Gasteiger partial charge in [0.2, 0.25) is 0 Å². The highest BCUT2D eigenvalue weighted by Gasteiger charge is 2.19. The largest absolute Gasteiger partial charge is 0.248 e. The number of aromatic nitrogens is 1. The molecule has 0 fully saturated rings. The fourth-order valence-corrected chi connectivity index (χ4v) is 3.43. The molecule has 0 spiro atoms. The maximum atomic E-state index is 4.76. The van der Waals surface area contributed by atoms with Crippen molar-refractivity contribution < 1.29 is 0 Å². The van der Waals surface area contributed by atoms with Gasteiger partial charge >= 0.3 is 0 Å². The Bertz CT molecular complexity index is 732. The number of alkyl halides is 2. The van der Waals surface area contributed by atoms with E-state index < -0.39 is 0 Å². The zero-order valence-electron chi connectivity index (χ0n) is 10.1. The van der Waals surface area contributed by atoms with E-state index >= 15 is 0 Å². The van der Waals surface area contributed by atoms with Gasteiger partial charge in [-0.05, 0) is 25.0 Å². The van der Waals surface area contributed by atoms with Crippen molar-refractivity contribution in [2.24, 2.45) is 0 Å². The molecular weight excluding hydrogens is 354 g/mol. The molecule has 1 nitrogen and oxygen atoms in total. The van der Waals surface area contributed by atoms with E-state index in [1.807, 2.05) is 6.07 Å². The Balaban J connectivity index is 2.50. The Labute approximate surface area is 123 Å². The van der Waals surface area contributed by atoms with Crippen LogP contribution in [-0.4, -0.2) is 9.31 Å². The first kappa shape index (κ1) is 12.4. The van der Waals surface area contributed by atoms with Crippen LogP contribution in [0.25, 0.3) is 23.1 Å². The number of pyridine rings is 1. The molecule has 0 saturated carbocycles. The highest BCUT2D eigenvalue weighted by atomic mass is 79.9. The second-order valence-electron chi connectivity index (χ2n) is 4.87. The molecule has 3 heteroatoms. The van der Waals surface area contributed by atoms with E-state index in [1.54, 1.807) is 0 Å². The Morgan fingerprint density at radius 3 is 2.89 bits per heavy atom. The number of hydrogen-bond acceptors (Lipinski definition) is 1. The topological polar surface area (TPSA) is 12.9 Å². The summed E-state index contributed by atoms with van der Waals surface area (Å²) in [5.41, 5.74) is 2.41. The zero-order valence-corrected chi connectivity index (χ0v) is 13.3. The van der Waals surface area contributed by atoms with Gasteiger partial charge in [-0.1, -0.05) is 62.2 Å². The van der Waals surface area contributed by atoms with Crippen molar-refractivity contribution in [3.8, 4) is 0 Å². The van der Waals surface area contributed by atoms with E-state index in [-0.39, 0.29) is 4.32 Å². The summed E-state index contributed by atoms with van der Waals surface area (Å²) in [6.07, 6.45) is 5.49. The van der Waals surface area contributed by atoms with Crippen molar-refractivity contribution in [1.29, 1.82) is 0 Å². The van der Waals surface area contributed by atoms with E-state index in [4.69, 9.17) is 4.98 Å². The van der Waals surface area contributed by atoms with Crippen LogP contribution in [0.4, 0.5) is 0 Å². The summed E-state index contributed by atoms with van der Waals surface area (Å²) in [6.45, 7) is 2.19. The number of benzene rings is 1. The van der Waals surface area contributed by atoms with Crippen LogP contribution >= 0.6 is 31.9 Å². The first-order valence-corrected chi connectivity index (χ1v) is 7.88. The third-order valence-corrected chi connectivity index (χ3v) is 4.46. The Hall–Kier alpha value is -0.670. The number of rotatable bonds is 1. The van der Waals surface area contributed by atoms with Gasteiger partial charge in [0.1, 0.15) is 0 Å². The molecule has 1 aromatic heterocycles. The molecule has 0 aliphatic heterocycles. The molecule has 0 bridgehead atoms. The first-order valence-electron chi connectivity index (χ1n) is 5.96. The maximum absolute atomic E-state index is 4.76. The number of nitrogens with zero attached hydrogens (tertiary/aromatic N) is 1. The lowest BCUT2D eigenvalue weighted by atomic mass is 9.97. The van der Waals surface area contributed by atoms with Crippen LogP contribution in [-0.2, 0) is 5.33 Å². The quantitative estimate of drug-likeness (QED) is 0.706. The lowest BCUT2D eigenvalue weighted by Gasteiger charge is -2.20. The van der Waals surface area contributed by atoms with Gasteiger partial charge in [-0.15, -0.1) is 0 Å². The summed E-state index contributed by atoms with van der Waals surface area (Å²) < 4.78 is 0.0427. The van der Waals surface area contributed by atoms with Gasteiger partial charge in [0.15, 0.2) is 0 Å². The summed E-state index contributed by atoms with van der Waals surface area (Å²) >= 11 is 7.38. The molecule has 2 aromatic rings. The molecule has 1 unspecified atom stereocenters. The minimum absolute atomic E-state index is 0.0427. The average Bonchev–Trinajstić information content (AvgIpc) is 2.35. The molecule has 92 valence electrons. The molecule has 3 rings (SSSR count). The molecule has 0 N–H and O–H groups in total. The van der Waals surface area contributed by atoms with E-state index in [2.05, 4.69) is 69.1 Å². The van der Waals surface area contributed by atoms with Gasteiger partial charge in [0.25, 0.3) is 0 Å². The van der Waals surface area contributed by atoms with Gasteiger partial charge in [-0.25, -0.2) is 4.98 Å². The third kappa shape index (κ3) is 2.04. The van der Waals surface area contributed by atoms with Crippen molar-refractivity contribution in [3.63, 3.8) is 0 Å². The fraction of sp³-hybridized carbons (Fsp3) is 0.267. The Kier molecular flexibility index (Phi) is 3.07. The van der Waals surface area contributed by atoms with E-state index in [1.165, 1.54) is 16.2 Å². The minimum Gasteiger partial charge on any atom is -0.248 e. The Morgan fingerprint density at radius 1 is 1.33 bits per heavy atom. The molecule has 1 aliphatic rings. The maximum Gasteiger partial charge on any atom is 0.0712 e. The number of fused-ring (bicyclic) bond motifs is 2. The smallest absolute Gasteiger partial charge is 0.0712 e. The average molecular weight is 367 g/mol. The molecule has 0 saturated heterocycles. The number of halogens is 2. The molecule has 0 amide bonds. The van der Waals surface area contributed by atoms with Gasteiger partial charge in [-0.3, -0.25) is 0 Å². The Morgan fingerprint density at radius 2 is 2.11 bits per heavy atom. The summed E-state index contributed by atoms with van der Waals surface area (Å²) in [6, 6.07) is 8.34. The van der Waals surface area contributed by atoms with Crippen LogP contribution in [0.1, 0.15) is 18.9 Å². The van der Waals surface area contributed by atoms with Gasteiger partial charge in [0, 0.05) is 20.3 Å². The summed E-state index contributed by atoms with van der Waals surface area (Å²) in [5.74, 6) is 0. The monoisotopic (exact) mass is 365 g/mol. The first-order chi connectivity index (χ1) is 8.61. The standard InChI is InChI=1S/C15H13Br2N/c1-15(17)7-6-14-11(8-15)12(9-16)10-4-2-3-5-13(10)18-14/h2-6,8H,7,9H2,1H3. The second-order valence-corrected chi connectivity index (χ2v) is 7.24. The highest BCUT2D eigenvalue weighted by molar-refractivity contribution is 9.10. The summed E-state index contributed by atoms with van der Waals surface area (Å²) in [5, 5.41) is 4.46. The van der Waals surface area contributed by atoms with Crippen LogP contribution in [0.15, 0.2) is 24.3 Å². The van der Waals surface area contributed by atoms with Crippen LogP contribution in [0, 0.1) is 0 Å². The van der Waals surface area contributed by atoms with Crippen molar-refractivity contribution in [3.05, 3.63) is 40.4 Å². The predicted molar refractivity (Wildman–Crippen MR) is 84.5 cm³/mol. The lowest BCUT2D eigenvalue weighted by Crippen LogP contribution is -2.38. The van der Waals surface area contributed by atoms with Crippen molar-refractivity contribution >= 4 is 54.9 Å². The van der Waals surface area contributed by atoms with Crippen LogP contribution in [0.5, 0.6) is 0 Å².